The zero-order chi connectivity index (χ0) is 56.1. The summed E-state index contributed by atoms with van der Waals surface area (Å²) in [4.78, 5) is 12.1. The van der Waals surface area contributed by atoms with Crippen LogP contribution in [0.3, 0.4) is 0 Å². The van der Waals surface area contributed by atoms with Crippen LogP contribution < -0.4 is 0 Å². The van der Waals surface area contributed by atoms with Crippen molar-refractivity contribution in [3.05, 3.63) is 0 Å². The number of aliphatic hydroxyl groups excluding tert-OH is 3. The monoisotopic (exact) mass is 1090 g/mol. The molecule has 0 saturated heterocycles. The van der Waals surface area contributed by atoms with E-state index in [0.29, 0.717) is 19.6 Å². The minimum absolute atomic E-state index is 0.0300. The largest absolute Gasteiger partial charge is 0.464 e. The van der Waals surface area contributed by atoms with Crippen LogP contribution in [0.4, 0.5) is 0 Å². The van der Waals surface area contributed by atoms with Gasteiger partial charge in [0.05, 0.1) is 12.7 Å². The van der Waals surface area contributed by atoms with Gasteiger partial charge in [0.25, 0.3) is 0 Å². The normalized spacial score (nSPS) is 12.3. The van der Waals surface area contributed by atoms with Crippen LogP contribution >= 0.6 is 0 Å². The fraction of sp³-hybridized carbons (Fsp3) is 0.986. The molecule has 77 heavy (non-hydrogen) atoms. The first-order valence-corrected chi connectivity index (χ1v) is 36.2. The summed E-state index contributed by atoms with van der Waals surface area (Å²) in [5.74, 6) is -0.412. The summed E-state index contributed by atoms with van der Waals surface area (Å²) >= 11 is 0. The highest BCUT2D eigenvalue weighted by molar-refractivity contribution is 5.74. The number of ether oxygens (including phenoxy) is 1. The van der Waals surface area contributed by atoms with E-state index >= 15 is 0 Å². The molecule has 0 amide bonds. The average Bonchev–Trinajstić information content (AvgIpc) is 3.43. The zero-order valence-electron chi connectivity index (χ0n) is 53.5. The van der Waals surface area contributed by atoms with Crippen molar-refractivity contribution in [2.45, 2.75) is 444 Å². The lowest BCUT2D eigenvalue weighted by Gasteiger charge is -2.10. The Balaban J connectivity index is 0. The van der Waals surface area contributed by atoms with E-state index in [2.05, 4.69) is 20.8 Å². The zero-order valence-corrected chi connectivity index (χ0v) is 53.5. The van der Waals surface area contributed by atoms with Crippen LogP contribution in [0.15, 0.2) is 0 Å². The van der Waals surface area contributed by atoms with Gasteiger partial charge in [-0.25, -0.2) is 4.79 Å². The Morgan fingerprint density at radius 1 is 0.260 bits per heavy atom. The molecular weight excluding hydrogens is 945 g/mol. The molecule has 5 nitrogen and oxygen atoms in total. The molecule has 0 aliphatic rings. The fourth-order valence-electron chi connectivity index (χ4n) is 11.4. The second kappa shape index (κ2) is 73.4. The predicted molar refractivity (Wildman–Crippen MR) is 343 cm³/mol. The first-order valence-electron chi connectivity index (χ1n) is 36.2. The number of hydrogen-bond acceptors (Lipinski definition) is 5. The summed E-state index contributed by atoms with van der Waals surface area (Å²) in [6.07, 6.45) is 84.1. The highest BCUT2D eigenvalue weighted by Gasteiger charge is 2.16. The minimum Gasteiger partial charge on any atom is -0.464 e. The maximum absolute atomic E-state index is 12.1. The first kappa shape index (κ1) is 78.4. The van der Waals surface area contributed by atoms with E-state index < -0.39 is 12.1 Å². The fourth-order valence-corrected chi connectivity index (χ4v) is 11.4. The standard InChI is InChI=1S/C46H92O4.C26H54O/c1-2-3-4-5-6-7-8-9-24-27-30-33-36-39-42-45(48)46(49)50-44-41-38-35-32-29-26-23-21-19-17-15-13-11-10-12-14-16-18-20-22-25-28-31-34-37-40-43-47;1-3-5-7-9-11-13-15-17-19-21-23-25-26(27)24-22-20-18-16-14-12-10-8-6-4-2/h45,47-48H,2-44H2,1H3;26-27H,3-25H2,1-2H3. The van der Waals surface area contributed by atoms with Gasteiger partial charge < -0.3 is 20.1 Å². The van der Waals surface area contributed by atoms with Crippen LogP contribution in [0, 0.1) is 0 Å². The number of unbranched alkanes of at least 4 members (excludes halogenated alkanes) is 57. The molecule has 2 unspecified atom stereocenters. The molecule has 0 spiro atoms. The lowest BCUT2D eigenvalue weighted by molar-refractivity contribution is -0.154. The van der Waals surface area contributed by atoms with E-state index in [1.165, 1.54) is 360 Å². The first-order chi connectivity index (χ1) is 38.0. The Bertz CT molecular complexity index is 1020. The number of rotatable bonds is 67. The van der Waals surface area contributed by atoms with Crippen LogP contribution in [0.1, 0.15) is 432 Å². The Morgan fingerprint density at radius 2 is 0.442 bits per heavy atom. The summed E-state index contributed by atoms with van der Waals surface area (Å²) < 4.78 is 5.34. The van der Waals surface area contributed by atoms with Crippen LogP contribution in [-0.4, -0.2) is 46.7 Å². The summed E-state index contributed by atoms with van der Waals surface area (Å²) in [6, 6.07) is 0. The Hall–Kier alpha value is -0.650. The van der Waals surface area contributed by atoms with E-state index in [-0.39, 0.29) is 6.10 Å². The molecule has 0 aromatic carbocycles. The van der Waals surface area contributed by atoms with E-state index in [9.17, 15) is 15.0 Å². The molecule has 0 bridgehead atoms. The molecule has 0 aromatic rings. The highest BCUT2D eigenvalue weighted by Crippen LogP contribution is 2.20. The van der Waals surface area contributed by atoms with Crippen LogP contribution in [0.2, 0.25) is 0 Å². The van der Waals surface area contributed by atoms with Gasteiger partial charge in [0.2, 0.25) is 0 Å². The number of aliphatic hydroxyl groups is 3. The lowest BCUT2D eigenvalue weighted by Crippen LogP contribution is -2.23. The molecule has 464 valence electrons. The predicted octanol–water partition coefficient (Wildman–Crippen LogP) is 24.3. The molecule has 0 saturated carbocycles. The van der Waals surface area contributed by atoms with Gasteiger partial charge in [-0.3, -0.25) is 0 Å². The van der Waals surface area contributed by atoms with E-state index in [1.54, 1.807) is 0 Å². The second-order valence-corrected chi connectivity index (χ2v) is 24.9. The maximum Gasteiger partial charge on any atom is 0.334 e. The van der Waals surface area contributed by atoms with Crippen LogP contribution in [-0.2, 0) is 9.53 Å². The minimum atomic E-state index is -0.933. The smallest absolute Gasteiger partial charge is 0.334 e. The van der Waals surface area contributed by atoms with Crippen molar-refractivity contribution in [3.63, 3.8) is 0 Å². The van der Waals surface area contributed by atoms with Gasteiger partial charge in [0.1, 0.15) is 0 Å². The van der Waals surface area contributed by atoms with Gasteiger partial charge in [-0.05, 0) is 32.1 Å². The number of esters is 1. The van der Waals surface area contributed by atoms with Crippen molar-refractivity contribution in [3.8, 4) is 0 Å². The van der Waals surface area contributed by atoms with Gasteiger partial charge in [0, 0.05) is 6.61 Å². The van der Waals surface area contributed by atoms with Crippen molar-refractivity contribution < 1.29 is 24.9 Å². The van der Waals surface area contributed by atoms with Gasteiger partial charge in [-0.15, -0.1) is 0 Å². The van der Waals surface area contributed by atoms with Crippen molar-refractivity contribution in [2.24, 2.45) is 0 Å². The Labute approximate surface area is 485 Å². The highest BCUT2D eigenvalue weighted by atomic mass is 16.5. The SMILES string of the molecule is CCCCCCCCCCCCCC(O)CCCCCCCCCCCC.CCCCCCCCCCCCCCCCC(O)C(=O)OCCCCCCCCCCCCCCCCCCCCCCCCCCCCO. The third-order valence-corrected chi connectivity index (χ3v) is 16.9. The van der Waals surface area contributed by atoms with Crippen molar-refractivity contribution in [1.82, 2.24) is 0 Å². The Morgan fingerprint density at radius 3 is 0.662 bits per heavy atom. The topological polar surface area (TPSA) is 87.0 Å². The number of hydrogen-bond donors (Lipinski definition) is 3. The van der Waals surface area contributed by atoms with Gasteiger partial charge in [-0.2, -0.15) is 0 Å². The van der Waals surface area contributed by atoms with Gasteiger partial charge in [0.15, 0.2) is 6.10 Å². The van der Waals surface area contributed by atoms with E-state index in [1.807, 2.05) is 0 Å². The molecule has 2 atom stereocenters. The molecule has 0 heterocycles. The molecule has 5 heteroatoms. The molecule has 0 rings (SSSR count). The average molecular weight is 1090 g/mol. The second-order valence-electron chi connectivity index (χ2n) is 24.9. The Kier molecular flexibility index (Phi) is 74.7. The molecule has 0 aliphatic heterocycles. The summed E-state index contributed by atoms with van der Waals surface area (Å²) in [5, 5.41) is 29.1. The molecule has 0 aromatic heterocycles. The van der Waals surface area contributed by atoms with Crippen molar-refractivity contribution >= 4 is 5.97 Å². The van der Waals surface area contributed by atoms with Crippen LogP contribution in [0.5, 0.6) is 0 Å². The molecule has 0 aliphatic carbocycles. The summed E-state index contributed by atoms with van der Waals surface area (Å²) in [7, 11) is 0. The van der Waals surface area contributed by atoms with E-state index in [4.69, 9.17) is 9.84 Å². The van der Waals surface area contributed by atoms with Gasteiger partial charge in [-0.1, -0.05) is 400 Å². The quantitative estimate of drug-likeness (QED) is 0.0417. The molecule has 3 N–H and O–H groups in total. The van der Waals surface area contributed by atoms with Crippen molar-refractivity contribution in [2.75, 3.05) is 13.2 Å². The lowest BCUT2D eigenvalue weighted by atomic mass is 10.0. The van der Waals surface area contributed by atoms with Crippen molar-refractivity contribution in [1.29, 1.82) is 0 Å². The number of carbonyl (C=O) groups excluding carboxylic acids is 1. The maximum atomic E-state index is 12.1. The van der Waals surface area contributed by atoms with Crippen LogP contribution in [0.25, 0.3) is 0 Å². The van der Waals surface area contributed by atoms with Gasteiger partial charge >= 0.3 is 5.97 Å². The third-order valence-electron chi connectivity index (χ3n) is 16.9. The number of carbonyl (C=O) groups is 1. The third kappa shape index (κ3) is 73.3. The molecular formula is C72H146O5. The summed E-state index contributed by atoms with van der Waals surface area (Å²) in [6.45, 7) is 7.67. The molecule has 0 radical (unpaired) electrons. The van der Waals surface area contributed by atoms with E-state index in [0.717, 1.165) is 44.9 Å². The summed E-state index contributed by atoms with van der Waals surface area (Å²) in [5.41, 5.74) is 0. The molecule has 0 fully saturated rings.